The van der Waals surface area contributed by atoms with Gasteiger partial charge in [0.1, 0.15) is 35.9 Å². The van der Waals surface area contributed by atoms with Crippen molar-refractivity contribution in [1.29, 1.82) is 0 Å². The normalized spacial score (nSPS) is 22.6. The number of allylic oxidation sites excluding steroid dienone is 5. The first-order valence-electron chi connectivity index (χ1n) is 10.1. The number of aliphatic hydroxyl groups excluding tert-OH is 6. The Hall–Kier alpha value is -1.80. The summed E-state index contributed by atoms with van der Waals surface area (Å²) in [5.41, 5.74) is 3.20. The van der Waals surface area contributed by atoms with Gasteiger partial charge >= 0.3 is 0 Å². The SMILES string of the molecule is OC(=Cc1ccc(Cl)c(Cl)c1)[C@@H](O)[C@@H](O)[C@H](O)[C@@H](O)C(O)=C1C=C2CCCCC2=CC1. The number of fused-ring (bicyclic) bond motifs is 1. The van der Waals surface area contributed by atoms with Gasteiger partial charge in [-0.1, -0.05) is 41.4 Å². The van der Waals surface area contributed by atoms with Crippen LogP contribution < -0.4 is 0 Å². The molecule has 1 fully saturated rings. The zero-order valence-electron chi connectivity index (χ0n) is 16.7. The smallest absolute Gasteiger partial charge is 0.139 e. The second-order valence-corrected chi connectivity index (χ2v) is 8.65. The fraction of sp³-hybridized carbons (Fsp3) is 0.391. The molecule has 0 unspecified atom stereocenters. The molecule has 1 aromatic rings. The molecule has 3 rings (SSSR count). The van der Waals surface area contributed by atoms with E-state index in [-0.39, 0.29) is 5.02 Å². The maximum Gasteiger partial charge on any atom is 0.139 e. The van der Waals surface area contributed by atoms with Crippen LogP contribution in [0.2, 0.25) is 10.0 Å². The van der Waals surface area contributed by atoms with Gasteiger partial charge in [0.05, 0.1) is 10.0 Å². The summed E-state index contributed by atoms with van der Waals surface area (Å²) in [4.78, 5) is 0. The predicted octanol–water partition coefficient (Wildman–Crippen LogP) is 3.98. The van der Waals surface area contributed by atoms with E-state index in [4.69, 9.17) is 23.2 Å². The van der Waals surface area contributed by atoms with E-state index in [0.29, 0.717) is 22.6 Å². The number of benzene rings is 1. The standard InChI is InChI=1S/C23H26Cl2O6/c24-16-8-5-12(9-17(16)25)10-18(26)20(28)22(30)23(31)21(29)19(27)15-7-6-13-3-1-2-4-14(13)11-15/h5-6,8-11,20-23,26-31H,1-4,7H2/t20-,21+,22-,23-/m1/s1. The molecule has 1 saturated carbocycles. The molecule has 2 aliphatic carbocycles. The van der Waals surface area contributed by atoms with Gasteiger partial charge in [0.25, 0.3) is 0 Å². The molecular weight excluding hydrogens is 443 g/mol. The lowest BCUT2D eigenvalue weighted by Crippen LogP contribution is -2.46. The van der Waals surface area contributed by atoms with Crippen LogP contribution in [0.15, 0.2) is 58.6 Å². The highest BCUT2D eigenvalue weighted by Gasteiger charge is 2.35. The third kappa shape index (κ3) is 5.52. The van der Waals surface area contributed by atoms with Crippen molar-refractivity contribution in [2.45, 2.75) is 56.5 Å². The van der Waals surface area contributed by atoms with Crippen LogP contribution >= 0.6 is 23.2 Å². The third-order valence-electron chi connectivity index (χ3n) is 5.64. The second kappa shape index (κ2) is 10.2. The van der Waals surface area contributed by atoms with Crippen molar-refractivity contribution in [2.75, 3.05) is 0 Å². The highest BCUT2D eigenvalue weighted by atomic mass is 35.5. The summed E-state index contributed by atoms with van der Waals surface area (Å²) in [7, 11) is 0. The Morgan fingerprint density at radius 2 is 1.52 bits per heavy atom. The third-order valence-corrected chi connectivity index (χ3v) is 6.38. The molecule has 0 aliphatic heterocycles. The quantitative estimate of drug-likeness (QED) is 0.351. The molecule has 0 radical (unpaired) electrons. The first-order chi connectivity index (χ1) is 14.7. The lowest BCUT2D eigenvalue weighted by molar-refractivity contribution is -0.100. The Morgan fingerprint density at radius 1 is 0.871 bits per heavy atom. The van der Waals surface area contributed by atoms with E-state index >= 15 is 0 Å². The Kier molecular flexibility index (Phi) is 7.86. The molecule has 168 valence electrons. The molecule has 4 atom stereocenters. The number of halogens is 2. The van der Waals surface area contributed by atoms with Gasteiger partial charge in [-0.15, -0.1) is 0 Å². The van der Waals surface area contributed by atoms with Crippen molar-refractivity contribution in [3.8, 4) is 0 Å². The molecule has 6 nitrogen and oxygen atoms in total. The molecule has 8 heteroatoms. The van der Waals surface area contributed by atoms with Crippen LogP contribution in [0.25, 0.3) is 6.08 Å². The van der Waals surface area contributed by atoms with E-state index in [1.807, 2.05) is 12.2 Å². The van der Waals surface area contributed by atoms with Crippen molar-refractivity contribution in [2.24, 2.45) is 0 Å². The van der Waals surface area contributed by atoms with Crippen LogP contribution in [0.5, 0.6) is 0 Å². The maximum atomic E-state index is 10.5. The molecule has 31 heavy (non-hydrogen) atoms. The molecule has 2 aliphatic rings. The van der Waals surface area contributed by atoms with E-state index in [9.17, 15) is 30.6 Å². The average molecular weight is 469 g/mol. The fourth-order valence-corrected chi connectivity index (χ4v) is 4.10. The van der Waals surface area contributed by atoms with E-state index < -0.39 is 35.9 Å². The van der Waals surface area contributed by atoms with Gasteiger partial charge in [0, 0.05) is 0 Å². The molecule has 0 bridgehead atoms. The number of hydrogen-bond donors (Lipinski definition) is 6. The first-order valence-corrected chi connectivity index (χ1v) is 10.8. The molecule has 6 N–H and O–H groups in total. The number of hydrogen-bond acceptors (Lipinski definition) is 6. The summed E-state index contributed by atoms with van der Waals surface area (Å²) in [5.74, 6) is -1.13. The monoisotopic (exact) mass is 468 g/mol. The van der Waals surface area contributed by atoms with E-state index in [1.54, 1.807) is 0 Å². The summed E-state index contributed by atoms with van der Waals surface area (Å²) in [5, 5.41) is 62.3. The Balaban J connectivity index is 1.72. The first kappa shape index (κ1) is 23.9. The van der Waals surface area contributed by atoms with E-state index in [2.05, 4.69) is 0 Å². The summed E-state index contributed by atoms with van der Waals surface area (Å²) >= 11 is 11.8. The van der Waals surface area contributed by atoms with Gasteiger partial charge < -0.3 is 30.6 Å². The lowest BCUT2D eigenvalue weighted by atomic mass is 9.83. The van der Waals surface area contributed by atoms with Crippen LogP contribution in [-0.4, -0.2) is 55.1 Å². The summed E-state index contributed by atoms with van der Waals surface area (Å²) < 4.78 is 0. The predicted molar refractivity (Wildman–Crippen MR) is 120 cm³/mol. The number of rotatable bonds is 6. The number of aliphatic hydroxyl groups is 6. The average Bonchev–Trinajstić information content (AvgIpc) is 2.78. The zero-order valence-corrected chi connectivity index (χ0v) is 18.3. The summed E-state index contributed by atoms with van der Waals surface area (Å²) in [6, 6.07) is 4.48. The zero-order chi connectivity index (χ0) is 22.7. The highest BCUT2D eigenvalue weighted by molar-refractivity contribution is 6.42. The van der Waals surface area contributed by atoms with Crippen molar-refractivity contribution in [1.82, 2.24) is 0 Å². The summed E-state index contributed by atoms with van der Waals surface area (Å²) in [6.45, 7) is 0. The fourth-order valence-electron chi connectivity index (χ4n) is 3.79. The minimum atomic E-state index is -1.96. The Morgan fingerprint density at radius 3 is 2.19 bits per heavy atom. The van der Waals surface area contributed by atoms with Crippen molar-refractivity contribution < 1.29 is 30.6 Å². The highest BCUT2D eigenvalue weighted by Crippen LogP contribution is 2.35. The van der Waals surface area contributed by atoms with E-state index in [1.165, 1.54) is 23.8 Å². The second-order valence-electron chi connectivity index (χ2n) is 7.83. The Bertz CT molecular complexity index is 949. The van der Waals surface area contributed by atoms with Crippen molar-refractivity contribution in [3.05, 3.63) is 74.2 Å². The summed E-state index contributed by atoms with van der Waals surface area (Å²) in [6.07, 6.45) is 1.74. The van der Waals surface area contributed by atoms with Crippen LogP contribution in [-0.2, 0) is 0 Å². The minimum absolute atomic E-state index is 0.238. The van der Waals surface area contributed by atoms with Crippen LogP contribution in [0, 0.1) is 0 Å². The molecular formula is C23H26Cl2O6. The van der Waals surface area contributed by atoms with Crippen LogP contribution in [0.1, 0.15) is 37.7 Å². The molecule has 0 heterocycles. The largest absolute Gasteiger partial charge is 0.509 e. The van der Waals surface area contributed by atoms with E-state index in [0.717, 1.165) is 37.3 Å². The molecule has 0 amide bonds. The molecule has 0 spiro atoms. The van der Waals surface area contributed by atoms with Gasteiger partial charge in [-0.2, -0.15) is 0 Å². The maximum absolute atomic E-state index is 10.5. The Labute approximate surface area is 190 Å². The van der Waals surface area contributed by atoms with Gasteiger partial charge in [-0.25, -0.2) is 0 Å². The van der Waals surface area contributed by atoms with Gasteiger partial charge in [-0.05, 0) is 72.6 Å². The molecule has 0 saturated heterocycles. The van der Waals surface area contributed by atoms with Gasteiger partial charge in [0.15, 0.2) is 0 Å². The van der Waals surface area contributed by atoms with Crippen LogP contribution in [0.3, 0.4) is 0 Å². The van der Waals surface area contributed by atoms with Gasteiger partial charge in [-0.3, -0.25) is 0 Å². The minimum Gasteiger partial charge on any atom is -0.509 e. The van der Waals surface area contributed by atoms with Crippen molar-refractivity contribution in [3.63, 3.8) is 0 Å². The lowest BCUT2D eigenvalue weighted by Gasteiger charge is -2.28. The molecule has 1 aromatic carbocycles. The van der Waals surface area contributed by atoms with Crippen LogP contribution in [0.4, 0.5) is 0 Å². The topological polar surface area (TPSA) is 121 Å². The van der Waals surface area contributed by atoms with Crippen molar-refractivity contribution >= 4 is 29.3 Å². The van der Waals surface area contributed by atoms with Gasteiger partial charge in [0.2, 0.25) is 0 Å². The molecule has 0 aromatic heterocycles.